The molecule has 3 aromatic carbocycles. The fourth-order valence-corrected chi connectivity index (χ4v) is 6.53. The van der Waals surface area contributed by atoms with Crippen molar-refractivity contribution in [1.82, 2.24) is 14.5 Å². The van der Waals surface area contributed by atoms with Gasteiger partial charge in [-0.15, -0.1) is 23.5 Å². The minimum atomic E-state index is -0.0495. The fourth-order valence-electron chi connectivity index (χ4n) is 5.03. The Kier molecular flexibility index (Phi) is 7.15. The Morgan fingerprint density at radius 2 is 1.76 bits per heavy atom. The van der Waals surface area contributed by atoms with Crippen molar-refractivity contribution >= 4 is 44.9 Å². The van der Waals surface area contributed by atoms with Crippen LogP contribution in [0.1, 0.15) is 17.0 Å². The van der Waals surface area contributed by atoms with Gasteiger partial charge in [-0.05, 0) is 66.8 Å². The van der Waals surface area contributed by atoms with Gasteiger partial charge in [0.15, 0.2) is 5.82 Å². The van der Waals surface area contributed by atoms with Gasteiger partial charge in [-0.3, -0.25) is 9.36 Å². The van der Waals surface area contributed by atoms with E-state index in [1.54, 1.807) is 28.1 Å². The maximum Gasteiger partial charge on any atom is 0.266 e. The van der Waals surface area contributed by atoms with Gasteiger partial charge < -0.3 is 9.64 Å². The van der Waals surface area contributed by atoms with Crippen LogP contribution in [0, 0.1) is 6.92 Å². The van der Waals surface area contributed by atoms with Gasteiger partial charge >= 0.3 is 0 Å². The van der Waals surface area contributed by atoms with E-state index < -0.39 is 0 Å². The summed E-state index contributed by atoms with van der Waals surface area (Å²) in [6.07, 6.45) is 4.33. The maximum absolute atomic E-state index is 13.9. The molecule has 2 aliphatic rings. The molecule has 1 aromatic heterocycles. The van der Waals surface area contributed by atoms with Crippen LogP contribution >= 0.6 is 23.5 Å². The lowest BCUT2D eigenvalue weighted by Crippen LogP contribution is -2.37. The molecule has 6 rings (SSSR count). The molecule has 1 saturated heterocycles. The highest BCUT2D eigenvalue weighted by molar-refractivity contribution is 8.08. The topological polar surface area (TPSA) is 47.4 Å². The van der Waals surface area contributed by atoms with Crippen molar-refractivity contribution in [2.45, 2.75) is 11.8 Å². The number of hydrogen-bond acceptors (Lipinski definition) is 6. The van der Waals surface area contributed by atoms with Gasteiger partial charge in [0.2, 0.25) is 0 Å². The number of morpholine rings is 1. The number of benzene rings is 3. The molecule has 0 N–H and O–H groups in total. The number of thioether (sulfide) groups is 2. The van der Waals surface area contributed by atoms with E-state index in [0.29, 0.717) is 16.7 Å². The minimum absolute atomic E-state index is 0.0495. The third kappa shape index (κ3) is 4.82. The summed E-state index contributed by atoms with van der Waals surface area (Å²) < 4.78 is 7.42. The molecule has 0 atom stereocenters. The number of nitrogens with zero attached hydrogens (tertiary/aromatic N) is 3. The van der Waals surface area contributed by atoms with Gasteiger partial charge in [0, 0.05) is 35.0 Å². The molecular weight excluding hydrogens is 510 g/mol. The van der Waals surface area contributed by atoms with E-state index in [0.717, 1.165) is 48.2 Å². The molecule has 5 nitrogen and oxygen atoms in total. The molecular formula is C31H29N3O2S2. The van der Waals surface area contributed by atoms with Crippen molar-refractivity contribution in [1.29, 1.82) is 0 Å². The van der Waals surface area contributed by atoms with E-state index in [9.17, 15) is 4.79 Å². The zero-order valence-corrected chi connectivity index (χ0v) is 23.1. The van der Waals surface area contributed by atoms with Crippen molar-refractivity contribution in [3.8, 4) is 5.69 Å². The van der Waals surface area contributed by atoms with Crippen LogP contribution in [0.15, 0.2) is 94.3 Å². The highest BCUT2D eigenvalue weighted by Crippen LogP contribution is 2.40. The minimum Gasteiger partial charge on any atom is -0.378 e. The summed E-state index contributed by atoms with van der Waals surface area (Å²) in [6, 6.07) is 24.4. The molecule has 0 aliphatic carbocycles. The largest absolute Gasteiger partial charge is 0.378 e. The van der Waals surface area contributed by atoms with E-state index in [-0.39, 0.29) is 5.56 Å². The standard InChI is InChI=1S/C31H29N3O2S2/c1-21-6-5-7-23(18-21)34-30(32-27-9-4-3-8-25(27)31(34)35)29-19-26(22-10-12-24(37-2)13-11-22)28(20-38-29)33-14-16-36-17-15-33/h3-13,18-19H,14-17,20H2,1-2H3. The van der Waals surface area contributed by atoms with E-state index in [1.165, 1.54) is 21.7 Å². The van der Waals surface area contributed by atoms with Crippen LogP contribution in [0.25, 0.3) is 27.1 Å². The molecule has 7 heteroatoms. The fraction of sp³-hybridized carbons (Fsp3) is 0.226. The van der Waals surface area contributed by atoms with Gasteiger partial charge in [0.1, 0.15) is 0 Å². The molecule has 192 valence electrons. The number of aryl methyl sites for hydroxylation is 1. The van der Waals surface area contributed by atoms with Crippen molar-refractivity contribution in [2.24, 2.45) is 0 Å². The van der Waals surface area contributed by atoms with E-state index in [1.807, 2.05) is 55.5 Å². The third-order valence-corrected chi connectivity index (χ3v) is 8.77. The summed E-state index contributed by atoms with van der Waals surface area (Å²) in [5.74, 6) is 1.49. The summed E-state index contributed by atoms with van der Waals surface area (Å²) in [5.41, 5.74) is 6.27. The zero-order chi connectivity index (χ0) is 26.1. The summed E-state index contributed by atoms with van der Waals surface area (Å²) in [7, 11) is 0. The normalized spacial score (nSPS) is 16.2. The lowest BCUT2D eigenvalue weighted by Gasteiger charge is -2.34. The van der Waals surface area contributed by atoms with Gasteiger partial charge in [0.25, 0.3) is 5.56 Å². The van der Waals surface area contributed by atoms with Gasteiger partial charge in [-0.2, -0.15) is 0 Å². The Labute approximate surface area is 231 Å². The first-order valence-electron chi connectivity index (χ1n) is 12.8. The number of aromatic nitrogens is 2. The number of ether oxygens (including phenoxy) is 1. The molecule has 0 saturated carbocycles. The molecule has 38 heavy (non-hydrogen) atoms. The lowest BCUT2D eigenvalue weighted by molar-refractivity contribution is 0.0543. The third-order valence-electron chi connectivity index (χ3n) is 7.00. The van der Waals surface area contributed by atoms with E-state index >= 15 is 0 Å². The van der Waals surface area contributed by atoms with Crippen LogP contribution in [-0.2, 0) is 4.74 Å². The number of rotatable bonds is 5. The van der Waals surface area contributed by atoms with Gasteiger partial charge in [0.05, 0.1) is 34.7 Å². The summed E-state index contributed by atoms with van der Waals surface area (Å²) in [5, 5.41) is 0.622. The first-order valence-corrected chi connectivity index (χ1v) is 15.0. The quantitative estimate of drug-likeness (QED) is 0.280. The summed E-state index contributed by atoms with van der Waals surface area (Å²) in [6.45, 7) is 5.29. The Morgan fingerprint density at radius 1 is 0.974 bits per heavy atom. The molecule has 0 unspecified atom stereocenters. The smallest absolute Gasteiger partial charge is 0.266 e. The van der Waals surface area contributed by atoms with Crippen molar-refractivity contribution in [3.63, 3.8) is 0 Å². The Hall–Kier alpha value is -3.26. The zero-order valence-electron chi connectivity index (χ0n) is 21.5. The number of para-hydroxylation sites is 1. The molecule has 1 fully saturated rings. The predicted molar refractivity (Wildman–Crippen MR) is 160 cm³/mol. The number of fused-ring (bicyclic) bond motifs is 1. The van der Waals surface area contributed by atoms with Crippen LogP contribution in [-0.4, -0.2) is 52.8 Å². The van der Waals surface area contributed by atoms with Crippen LogP contribution < -0.4 is 5.56 Å². The average Bonchev–Trinajstić information content (AvgIpc) is 2.97. The van der Waals surface area contributed by atoms with Crippen LogP contribution in [0.4, 0.5) is 0 Å². The highest BCUT2D eigenvalue weighted by atomic mass is 32.2. The highest BCUT2D eigenvalue weighted by Gasteiger charge is 2.25. The van der Waals surface area contributed by atoms with Crippen molar-refractivity contribution in [2.75, 3.05) is 38.3 Å². The molecule has 0 radical (unpaired) electrons. The monoisotopic (exact) mass is 539 g/mol. The summed E-state index contributed by atoms with van der Waals surface area (Å²) in [4.78, 5) is 23.6. The SMILES string of the molecule is CSc1ccc(C2=C(N3CCOCC3)CSC(c3nc4ccccc4c(=O)n3-c3cccc(C)c3)=C2)cc1. The molecule has 2 aliphatic heterocycles. The molecule has 3 heterocycles. The van der Waals surface area contributed by atoms with Crippen LogP contribution in [0.5, 0.6) is 0 Å². The van der Waals surface area contributed by atoms with E-state index in [2.05, 4.69) is 41.5 Å². The molecule has 0 spiro atoms. The van der Waals surface area contributed by atoms with Crippen molar-refractivity contribution < 1.29 is 4.74 Å². The molecule has 0 amide bonds. The predicted octanol–water partition coefficient (Wildman–Crippen LogP) is 6.25. The summed E-state index contributed by atoms with van der Waals surface area (Å²) >= 11 is 3.49. The molecule has 0 bridgehead atoms. The van der Waals surface area contributed by atoms with Gasteiger partial charge in [-0.1, -0.05) is 36.4 Å². The molecule has 4 aromatic rings. The average molecular weight is 540 g/mol. The number of allylic oxidation sites excluding steroid dienone is 2. The van der Waals surface area contributed by atoms with Crippen molar-refractivity contribution in [3.05, 3.63) is 112 Å². The number of hydrogen-bond donors (Lipinski definition) is 0. The first-order chi connectivity index (χ1) is 18.6. The first kappa shape index (κ1) is 25.0. The lowest BCUT2D eigenvalue weighted by atomic mass is 10.0. The Balaban J connectivity index is 1.57. The second kappa shape index (κ2) is 10.8. The van der Waals surface area contributed by atoms with Crippen LogP contribution in [0.3, 0.4) is 0 Å². The van der Waals surface area contributed by atoms with Gasteiger partial charge in [-0.25, -0.2) is 4.98 Å². The second-order valence-electron chi connectivity index (χ2n) is 9.42. The Bertz CT molecular complexity index is 1620. The second-order valence-corrected chi connectivity index (χ2v) is 11.3. The van der Waals surface area contributed by atoms with E-state index in [4.69, 9.17) is 9.72 Å². The maximum atomic E-state index is 13.9. The van der Waals surface area contributed by atoms with Crippen LogP contribution in [0.2, 0.25) is 0 Å². The Morgan fingerprint density at radius 3 is 2.53 bits per heavy atom.